The number of ketones is 1. The van der Waals surface area contributed by atoms with Gasteiger partial charge in [-0.15, -0.1) is 6.58 Å². The van der Waals surface area contributed by atoms with Crippen LogP contribution in [0.4, 0.5) is 0 Å². The van der Waals surface area contributed by atoms with Gasteiger partial charge in [-0.25, -0.2) is 0 Å². The first-order chi connectivity index (χ1) is 16.7. The third-order valence-electron chi connectivity index (χ3n) is 7.66. The van der Waals surface area contributed by atoms with E-state index in [0.717, 1.165) is 25.7 Å². The lowest BCUT2D eigenvalue weighted by Crippen LogP contribution is -2.58. The monoisotopic (exact) mass is 490 g/mol. The van der Waals surface area contributed by atoms with Gasteiger partial charge in [-0.1, -0.05) is 45.6 Å². The third kappa shape index (κ3) is 6.09. The molecule has 0 aromatic heterocycles. The Bertz CT molecular complexity index is 844. The van der Waals surface area contributed by atoms with E-state index in [9.17, 15) is 24.0 Å². The summed E-state index contributed by atoms with van der Waals surface area (Å²) in [7, 11) is 0. The standard InChI is InChI=1S/C25H38N4O6/c1-4-11-26-23(33)21(31)17-10-8-6-5-7-9-12-35-14-18(27-15-30)24(34)29-13-16-19(25(16,2)3)20(29)22(32)28-17/h4,15-20H,1,5-14H2,2-3H3,(H,26,33)(H,27,30)(H,28,32)/t16-,17-,18-,19-,20-/m0/s1. The van der Waals surface area contributed by atoms with Gasteiger partial charge >= 0.3 is 0 Å². The van der Waals surface area contributed by atoms with E-state index in [0.29, 0.717) is 32.4 Å². The topological polar surface area (TPSA) is 134 Å². The molecule has 3 rings (SSSR count). The number of carbonyl (C=O) groups is 5. The SMILES string of the molecule is C=CCNC(=O)C(=O)[C@@H]1CCCCCCCOC[C@H](NC=O)C(=O)N2C[C@H]3[C@@H]([C@H]2C(=O)N1)C3(C)C. The fourth-order valence-corrected chi connectivity index (χ4v) is 5.51. The van der Waals surface area contributed by atoms with Crippen molar-refractivity contribution in [2.45, 2.75) is 70.5 Å². The van der Waals surface area contributed by atoms with Crippen molar-refractivity contribution < 1.29 is 28.7 Å². The summed E-state index contributed by atoms with van der Waals surface area (Å²) in [6.45, 7) is 8.71. The van der Waals surface area contributed by atoms with Crippen molar-refractivity contribution in [1.82, 2.24) is 20.9 Å². The van der Waals surface area contributed by atoms with Crippen LogP contribution in [0.5, 0.6) is 0 Å². The first-order valence-electron chi connectivity index (χ1n) is 12.5. The second-order valence-corrected chi connectivity index (χ2v) is 10.3. The zero-order valence-corrected chi connectivity index (χ0v) is 20.7. The number of amides is 4. The van der Waals surface area contributed by atoms with Gasteiger partial charge in [0.15, 0.2) is 0 Å². The van der Waals surface area contributed by atoms with Crippen molar-refractivity contribution >= 4 is 29.9 Å². The molecule has 194 valence electrons. The molecule has 3 aliphatic rings. The predicted octanol–water partition coefficient (Wildman–Crippen LogP) is 0.311. The number of carbonyl (C=O) groups excluding carboxylic acids is 5. The van der Waals surface area contributed by atoms with Gasteiger partial charge < -0.3 is 25.6 Å². The Morgan fingerprint density at radius 2 is 1.91 bits per heavy atom. The summed E-state index contributed by atoms with van der Waals surface area (Å²) < 4.78 is 5.67. The van der Waals surface area contributed by atoms with E-state index < -0.39 is 35.7 Å². The molecule has 0 radical (unpaired) electrons. The summed E-state index contributed by atoms with van der Waals surface area (Å²) in [5.74, 6) is -2.19. The van der Waals surface area contributed by atoms with Gasteiger partial charge in [0.05, 0.1) is 12.6 Å². The molecule has 5 atom stereocenters. The van der Waals surface area contributed by atoms with Crippen LogP contribution in [0.2, 0.25) is 0 Å². The Balaban J connectivity index is 1.84. The van der Waals surface area contributed by atoms with E-state index in [4.69, 9.17) is 4.74 Å². The highest BCUT2D eigenvalue weighted by atomic mass is 16.5. The largest absolute Gasteiger partial charge is 0.379 e. The fraction of sp³-hybridized carbons (Fsp3) is 0.720. The highest BCUT2D eigenvalue weighted by Gasteiger charge is 2.69. The van der Waals surface area contributed by atoms with E-state index >= 15 is 0 Å². The van der Waals surface area contributed by atoms with Crippen molar-refractivity contribution in [3.8, 4) is 0 Å². The van der Waals surface area contributed by atoms with E-state index in [1.807, 2.05) is 0 Å². The molecule has 4 amide bonds. The van der Waals surface area contributed by atoms with Crippen LogP contribution in [0.1, 0.15) is 52.4 Å². The summed E-state index contributed by atoms with van der Waals surface area (Å²) in [5.41, 5.74) is -0.120. The Morgan fingerprint density at radius 1 is 1.20 bits per heavy atom. The molecule has 1 saturated carbocycles. The summed E-state index contributed by atoms with van der Waals surface area (Å²) in [6, 6.07) is -2.64. The number of nitrogens with zero attached hydrogens (tertiary/aromatic N) is 1. The van der Waals surface area contributed by atoms with Crippen LogP contribution in [0.25, 0.3) is 0 Å². The van der Waals surface area contributed by atoms with Gasteiger partial charge in [-0.3, -0.25) is 24.0 Å². The Hall–Kier alpha value is -2.75. The molecule has 0 spiro atoms. The van der Waals surface area contributed by atoms with Gasteiger partial charge in [0.25, 0.3) is 5.91 Å². The molecule has 3 fully saturated rings. The van der Waals surface area contributed by atoms with E-state index in [1.54, 1.807) is 0 Å². The Kier molecular flexibility index (Phi) is 9.04. The predicted molar refractivity (Wildman–Crippen MR) is 128 cm³/mol. The maximum Gasteiger partial charge on any atom is 0.289 e. The number of piperidine rings is 1. The van der Waals surface area contributed by atoms with Gasteiger partial charge in [0.1, 0.15) is 12.1 Å². The minimum atomic E-state index is -0.967. The lowest BCUT2D eigenvalue weighted by molar-refractivity contribution is -0.145. The molecule has 10 nitrogen and oxygen atoms in total. The number of nitrogens with one attached hydrogen (secondary N) is 3. The molecule has 2 saturated heterocycles. The minimum Gasteiger partial charge on any atom is -0.379 e. The van der Waals surface area contributed by atoms with E-state index in [2.05, 4.69) is 36.4 Å². The van der Waals surface area contributed by atoms with E-state index in [1.165, 1.54) is 11.0 Å². The molecule has 3 N–H and O–H groups in total. The van der Waals surface area contributed by atoms with Crippen molar-refractivity contribution in [2.24, 2.45) is 17.3 Å². The van der Waals surface area contributed by atoms with Crippen LogP contribution < -0.4 is 16.0 Å². The molecule has 1 aliphatic carbocycles. The van der Waals surface area contributed by atoms with E-state index in [-0.39, 0.29) is 36.3 Å². The van der Waals surface area contributed by atoms with Crippen molar-refractivity contribution in [3.05, 3.63) is 12.7 Å². The van der Waals surface area contributed by atoms with Crippen LogP contribution in [0, 0.1) is 17.3 Å². The molecule has 35 heavy (non-hydrogen) atoms. The van der Waals surface area contributed by atoms with Gasteiger partial charge in [-0.2, -0.15) is 0 Å². The lowest BCUT2D eigenvalue weighted by atomic mass is 9.98. The molecule has 2 heterocycles. The number of Topliss-reactive ketones (excluding diaryl/α,β-unsaturated/α-hetero) is 1. The van der Waals surface area contributed by atoms with Gasteiger partial charge in [0.2, 0.25) is 24.0 Å². The number of hydrogen-bond donors (Lipinski definition) is 3. The van der Waals surface area contributed by atoms with Crippen molar-refractivity contribution in [1.29, 1.82) is 0 Å². The molecule has 10 heteroatoms. The first-order valence-corrected chi connectivity index (χ1v) is 12.5. The number of rotatable bonds is 6. The molecule has 0 aromatic carbocycles. The summed E-state index contributed by atoms with van der Waals surface area (Å²) >= 11 is 0. The minimum absolute atomic E-state index is 0.0335. The Morgan fingerprint density at radius 3 is 2.63 bits per heavy atom. The van der Waals surface area contributed by atoms with Crippen LogP contribution in [0.3, 0.4) is 0 Å². The van der Waals surface area contributed by atoms with Crippen LogP contribution in [-0.2, 0) is 28.7 Å². The molecule has 2 aliphatic heterocycles. The Labute approximate surface area is 206 Å². The first kappa shape index (κ1) is 26.8. The quantitative estimate of drug-likeness (QED) is 0.279. The highest BCUT2D eigenvalue weighted by Crippen LogP contribution is 2.64. The number of hydrogen-bond acceptors (Lipinski definition) is 6. The fourth-order valence-electron chi connectivity index (χ4n) is 5.51. The zero-order valence-electron chi connectivity index (χ0n) is 20.7. The average Bonchev–Trinajstić information content (AvgIpc) is 3.16. The summed E-state index contributed by atoms with van der Waals surface area (Å²) in [5, 5.41) is 7.82. The second-order valence-electron chi connectivity index (χ2n) is 10.3. The average molecular weight is 491 g/mol. The molecule has 0 unspecified atom stereocenters. The molecule has 0 bridgehead atoms. The lowest BCUT2D eigenvalue weighted by Gasteiger charge is -2.33. The maximum atomic E-state index is 13.5. The zero-order chi connectivity index (χ0) is 25.6. The smallest absolute Gasteiger partial charge is 0.289 e. The highest BCUT2D eigenvalue weighted by molar-refractivity contribution is 6.38. The van der Waals surface area contributed by atoms with Crippen LogP contribution in [0.15, 0.2) is 12.7 Å². The van der Waals surface area contributed by atoms with Gasteiger partial charge in [0, 0.05) is 19.7 Å². The summed E-state index contributed by atoms with van der Waals surface area (Å²) in [6.07, 6.45) is 6.48. The molecular formula is C25H38N4O6. The summed E-state index contributed by atoms with van der Waals surface area (Å²) in [4.78, 5) is 64.9. The number of ether oxygens (including phenoxy) is 1. The van der Waals surface area contributed by atoms with Crippen LogP contribution in [-0.4, -0.2) is 79.2 Å². The van der Waals surface area contributed by atoms with Crippen LogP contribution >= 0.6 is 0 Å². The van der Waals surface area contributed by atoms with Crippen molar-refractivity contribution in [2.75, 3.05) is 26.3 Å². The second kappa shape index (κ2) is 11.8. The normalized spacial score (nSPS) is 31.4. The maximum absolute atomic E-state index is 13.5. The third-order valence-corrected chi connectivity index (χ3v) is 7.66. The molecule has 0 aromatic rings. The van der Waals surface area contributed by atoms with Gasteiger partial charge in [-0.05, 0) is 30.1 Å². The van der Waals surface area contributed by atoms with Crippen molar-refractivity contribution in [3.63, 3.8) is 0 Å². The molecular weight excluding hydrogens is 452 g/mol. The number of fused-ring (bicyclic) bond motifs is 3.